The number of aromatic nitrogens is 1. The van der Waals surface area contributed by atoms with E-state index in [0.717, 1.165) is 21.3 Å². The van der Waals surface area contributed by atoms with Crippen LogP contribution in [0.3, 0.4) is 0 Å². The topological polar surface area (TPSA) is 33.2 Å². The zero-order chi connectivity index (χ0) is 14.0. The largest absolute Gasteiger partial charge is 0.365 e. The molecule has 0 N–H and O–H groups in total. The van der Waals surface area contributed by atoms with Crippen LogP contribution in [0.4, 0.5) is 5.69 Å². The lowest BCUT2D eigenvalue weighted by atomic mass is 10.2. The number of hydrogen-bond acceptors (Lipinski definition) is 4. The average molecular weight is 274 g/mol. The highest BCUT2D eigenvalue weighted by atomic mass is 32.1. The summed E-state index contributed by atoms with van der Waals surface area (Å²) in [6.07, 6.45) is 0. The van der Waals surface area contributed by atoms with Crippen molar-refractivity contribution < 1.29 is 4.79 Å². The molecule has 0 radical (unpaired) electrons. The van der Waals surface area contributed by atoms with E-state index in [4.69, 9.17) is 0 Å². The molecule has 0 amide bonds. The number of nitrogens with zero attached hydrogens (tertiary/aromatic N) is 2. The Morgan fingerprint density at radius 2 is 1.95 bits per heavy atom. The number of carbonyl (C=O) groups is 1. The van der Waals surface area contributed by atoms with Crippen LogP contribution in [0.25, 0.3) is 0 Å². The molecule has 0 saturated heterocycles. The van der Waals surface area contributed by atoms with Crippen molar-refractivity contribution in [3.63, 3.8) is 0 Å². The normalized spacial score (nSPS) is 12.2. The summed E-state index contributed by atoms with van der Waals surface area (Å²) < 4.78 is 0. The van der Waals surface area contributed by atoms with Crippen LogP contribution < -0.4 is 4.90 Å². The van der Waals surface area contributed by atoms with Crippen LogP contribution in [-0.2, 0) is 0 Å². The standard InChI is InChI=1S/C15H18N2OS/c1-10-14(12(3)18)19-15(16-10)11(2)17(4)13-8-6-5-7-9-13/h5-9,11H,1-4H3. The van der Waals surface area contributed by atoms with Gasteiger partial charge >= 0.3 is 0 Å². The summed E-state index contributed by atoms with van der Waals surface area (Å²) in [7, 11) is 2.05. The van der Waals surface area contributed by atoms with Gasteiger partial charge in [0.25, 0.3) is 0 Å². The number of benzene rings is 1. The fourth-order valence-corrected chi connectivity index (χ4v) is 3.03. The van der Waals surface area contributed by atoms with Gasteiger partial charge in [-0.3, -0.25) is 4.79 Å². The van der Waals surface area contributed by atoms with Gasteiger partial charge in [0.2, 0.25) is 0 Å². The number of aryl methyl sites for hydroxylation is 1. The van der Waals surface area contributed by atoms with Gasteiger partial charge in [0.15, 0.2) is 5.78 Å². The van der Waals surface area contributed by atoms with E-state index in [1.165, 1.54) is 11.3 Å². The minimum absolute atomic E-state index is 0.0933. The summed E-state index contributed by atoms with van der Waals surface area (Å²) in [4.78, 5) is 19.0. The van der Waals surface area contributed by atoms with Crippen LogP contribution in [-0.4, -0.2) is 17.8 Å². The molecule has 19 heavy (non-hydrogen) atoms. The van der Waals surface area contributed by atoms with Gasteiger partial charge in [-0.05, 0) is 26.0 Å². The van der Waals surface area contributed by atoms with Gasteiger partial charge in [0.1, 0.15) is 5.01 Å². The first-order valence-corrected chi connectivity index (χ1v) is 7.08. The molecule has 0 aliphatic heterocycles. The van der Waals surface area contributed by atoms with Crippen LogP contribution in [0.2, 0.25) is 0 Å². The molecular formula is C15H18N2OS. The maximum Gasteiger partial charge on any atom is 0.171 e. The lowest BCUT2D eigenvalue weighted by molar-refractivity contribution is 0.102. The monoisotopic (exact) mass is 274 g/mol. The third-order valence-electron chi connectivity index (χ3n) is 3.23. The Morgan fingerprint density at radius 3 is 2.47 bits per heavy atom. The molecular weight excluding hydrogens is 256 g/mol. The number of hydrogen-bond donors (Lipinski definition) is 0. The summed E-state index contributed by atoms with van der Waals surface area (Å²) in [5.41, 5.74) is 1.98. The first-order valence-electron chi connectivity index (χ1n) is 6.27. The maximum atomic E-state index is 11.5. The fraction of sp³-hybridized carbons (Fsp3) is 0.333. The predicted molar refractivity (Wildman–Crippen MR) is 80.1 cm³/mol. The summed E-state index contributed by atoms with van der Waals surface area (Å²) in [5, 5.41) is 0.981. The highest BCUT2D eigenvalue weighted by molar-refractivity contribution is 7.13. The summed E-state index contributed by atoms with van der Waals surface area (Å²) >= 11 is 1.50. The lowest BCUT2D eigenvalue weighted by Crippen LogP contribution is -2.21. The minimum atomic E-state index is 0.0933. The Hall–Kier alpha value is -1.68. The number of carbonyl (C=O) groups excluding carboxylic acids is 1. The van der Waals surface area contributed by atoms with Crippen LogP contribution >= 0.6 is 11.3 Å². The van der Waals surface area contributed by atoms with Gasteiger partial charge < -0.3 is 4.90 Å². The second kappa shape index (κ2) is 5.53. The Balaban J connectivity index is 2.27. The van der Waals surface area contributed by atoms with Gasteiger partial charge in [0.05, 0.1) is 16.6 Å². The van der Waals surface area contributed by atoms with Gasteiger partial charge in [-0.1, -0.05) is 18.2 Å². The smallest absolute Gasteiger partial charge is 0.171 e. The third kappa shape index (κ3) is 2.84. The molecule has 100 valence electrons. The summed E-state index contributed by atoms with van der Waals surface area (Å²) in [6, 6.07) is 10.3. The molecule has 1 unspecified atom stereocenters. The first-order chi connectivity index (χ1) is 9.00. The molecule has 0 aliphatic carbocycles. The summed E-state index contributed by atoms with van der Waals surface area (Å²) in [6.45, 7) is 5.59. The van der Waals surface area contributed by atoms with Crippen molar-refractivity contribution in [1.29, 1.82) is 0 Å². The number of thiazole rings is 1. The second-order valence-electron chi connectivity index (χ2n) is 4.65. The van der Waals surface area contributed by atoms with E-state index in [0.29, 0.717) is 0 Å². The van der Waals surface area contributed by atoms with Crippen LogP contribution in [0.1, 0.15) is 40.3 Å². The Bertz CT molecular complexity index is 577. The molecule has 0 spiro atoms. The van der Waals surface area contributed by atoms with E-state index in [1.807, 2.05) is 32.2 Å². The Labute approximate surface area is 117 Å². The van der Waals surface area contributed by atoms with E-state index in [2.05, 4.69) is 28.9 Å². The molecule has 1 aromatic carbocycles. The average Bonchev–Trinajstić information content (AvgIpc) is 2.80. The zero-order valence-corrected chi connectivity index (χ0v) is 12.5. The van der Waals surface area contributed by atoms with Crippen molar-refractivity contribution in [2.24, 2.45) is 0 Å². The van der Waals surface area contributed by atoms with Crippen LogP contribution in [0.15, 0.2) is 30.3 Å². The molecule has 2 aromatic rings. The van der Waals surface area contributed by atoms with Crippen molar-refractivity contribution in [3.05, 3.63) is 45.9 Å². The maximum absolute atomic E-state index is 11.5. The predicted octanol–water partition coefficient (Wildman–Crippen LogP) is 3.85. The van der Waals surface area contributed by atoms with Crippen molar-refractivity contribution in [2.45, 2.75) is 26.8 Å². The number of rotatable bonds is 4. The molecule has 3 nitrogen and oxygen atoms in total. The SMILES string of the molecule is CC(=O)c1sc(C(C)N(C)c2ccccc2)nc1C. The van der Waals surface area contributed by atoms with Gasteiger partial charge in [0, 0.05) is 19.7 Å². The Morgan fingerprint density at radius 1 is 1.32 bits per heavy atom. The quantitative estimate of drug-likeness (QED) is 0.794. The second-order valence-corrected chi connectivity index (χ2v) is 5.68. The molecule has 1 aromatic heterocycles. The molecule has 4 heteroatoms. The summed E-state index contributed by atoms with van der Waals surface area (Å²) in [5.74, 6) is 0.0933. The van der Waals surface area contributed by atoms with Gasteiger partial charge in [-0.2, -0.15) is 0 Å². The molecule has 1 heterocycles. The molecule has 0 fully saturated rings. The number of para-hydroxylation sites is 1. The Kier molecular flexibility index (Phi) is 4.00. The fourth-order valence-electron chi connectivity index (χ4n) is 1.98. The zero-order valence-electron chi connectivity index (χ0n) is 11.7. The van der Waals surface area contributed by atoms with Gasteiger partial charge in [-0.25, -0.2) is 4.98 Å². The van der Waals surface area contributed by atoms with Crippen LogP contribution in [0.5, 0.6) is 0 Å². The molecule has 0 bridgehead atoms. The highest BCUT2D eigenvalue weighted by Crippen LogP contribution is 2.29. The number of ketones is 1. The van der Waals surface area contributed by atoms with E-state index in [1.54, 1.807) is 6.92 Å². The highest BCUT2D eigenvalue weighted by Gasteiger charge is 2.19. The van der Waals surface area contributed by atoms with E-state index in [9.17, 15) is 4.79 Å². The van der Waals surface area contributed by atoms with Gasteiger partial charge in [-0.15, -0.1) is 11.3 Å². The first kappa shape index (κ1) is 13.7. The van der Waals surface area contributed by atoms with E-state index >= 15 is 0 Å². The third-order valence-corrected chi connectivity index (χ3v) is 4.66. The van der Waals surface area contributed by atoms with Crippen LogP contribution in [0, 0.1) is 6.92 Å². The number of anilines is 1. The minimum Gasteiger partial charge on any atom is -0.365 e. The molecule has 0 aliphatic rings. The van der Waals surface area contributed by atoms with Crippen molar-refractivity contribution >= 4 is 22.8 Å². The lowest BCUT2D eigenvalue weighted by Gasteiger charge is -2.25. The number of Topliss-reactive ketones (excluding diaryl/α,β-unsaturated/α-hetero) is 1. The van der Waals surface area contributed by atoms with Crippen molar-refractivity contribution in [2.75, 3.05) is 11.9 Å². The van der Waals surface area contributed by atoms with Crippen molar-refractivity contribution in [3.8, 4) is 0 Å². The van der Waals surface area contributed by atoms with Crippen molar-refractivity contribution in [1.82, 2.24) is 4.98 Å². The molecule has 1 atom stereocenters. The molecule has 0 saturated carbocycles. The van der Waals surface area contributed by atoms with E-state index < -0.39 is 0 Å². The van der Waals surface area contributed by atoms with E-state index in [-0.39, 0.29) is 11.8 Å². The molecule has 2 rings (SSSR count).